The number of nitrogens with zero attached hydrogens (tertiary/aromatic N) is 4. The number of thioether (sulfide) groups is 1. The van der Waals surface area contributed by atoms with Gasteiger partial charge >= 0.3 is 0 Å². The van der Waals surface area contributed by atoms with Crippen LogP contribution in [0.25, 0.3) is 0 Å². The molecule has 0 unspecified atom stereocenters. The highest BCUT2D eigenvalue weighted by atomic mass is 32.2. The van der Waals surface area contributed by atoms with E-state index >= 15 is 0 Å². The van der Waals surface area contributed by atoms with Gasteiger partial charge in [-0.1, -0.05) is 18.2 Å². The first-order valence-corrected chi connectivity index (χ1v) is 10.3. The van der Waals surface area contributed by atoms with Gasteiger partial charge in [-0.2, -0.15) is 0 Å². The molecule has 4 rings (SSSR count). The highest BCUT2D eigenvalue weighted by Gasteiger charge is 2.34. The van der Waals surface area contributed by atoms with Crippen LogP contribution >= 0.6 is 11.8 Å². The first kappa shape index (κ1) is 18.2. The van der Waals surface area contributed by atoms with E-state index in [0.29, 0.717) is 18.7 Å². The van der Waals surface area contributed by atoms with Crippen molar-refractivity contribution in [3.8, 4) is 0 Å². The molecule has 6 nitrogen and oxygen atoms in total. The summed E-state index contributed by atoms with van der Waals surface area (Å²) in [5.74, 6) is 1.46. The summed E-state index contributed by atoms with van der Waals surface area (Å²) in [4.78, 5) is 26.7. The van der Waals surface area contributed by atoms with Crippen LogP contribution < -0.4 is 9.80 Å². The molecule has 0 spiro atoms. The third-order valence-electron chi connectivity index (χ3n) is 5.09. The second-order valence-electron chi connectivity index (χ2n) is 6.79. The second kappa shape index (κ2) is 8.22. The normalized spacial score (nSPS) is 20.9. The molecule has 0 bridgehead atoms. The minimum Gasteiger partial charge on any atom is -0.330 e. The zero-order valence-corrected chi connectivity index (χ0v) is 15.9. The first-order valence-electron chi connectivity index (χ1n) is 9.23. The summed E-state index contributed by atoms with van der Waals surface area (Å²) in [5, 5.41) is -0.211. The van der Waals surface area contributed by atoms with Crippen molar-refractivity contribution in [3.63, 3.8) is 0 Å². The SMILES string of the molecule is O=C(C[NH+]1CCN(c2ncccn2)CC1)N1CCS[C@@H]1c1ccccc1F. The van der Waals surface area contributed by atoms with Crippen LogP contribution in [0.1, 0.15) is 10.9 Å². The topological polar surface area (TPSA) is 53.8 Å². The number of benzene rings is 1. The van der Waals surface area contributed by atoms with Crippen LogP contribution in [0, 0.1) is 5.82 Å². The Balaban J connectivity index is 1.35. The standard InChI is InChI=1S/C19H22FN5OS/c20-16-5-2-1-4-15(16)18-25(12-13-27-18)17(26)14-23-8-10-24(11-9-23)19-21-6-3-7-22-19/h1-7,18H,8-14H2/p+1/t18-/m1/s1. The summed E-state index contributed by atoms with van der Waals surface area (Å²) < 4.78 is 14.2. The van der Waals surface area contributed by atoms with E-state index in [0.717, 1.165) is 37.9 Å². The van der Waals surface area contributed by atoms with Gasteiger partial charge in [-0.05, 0) is 12.1 Å². The number of amides is 1. The van der Waals surface area contributed by atoms with Crippen molar-refractivity contribution in [2.75, 3.05) is 49.9 Å². The van der Waals surface area contributed by atoms with Gasteiger partial charge in [0.05, 0.1) is 26.2 Å². The van der Waals surface area contributed by atoms with E-state index in [2.05, 4.69) is 14.9 Å². The molecule has 1 atom stereocenters. The zero-order valence-electron chi connectivity index (χ0n) is 15.1. The summed E-state index contributed by atoms with van der Waals surface area (Å²) >= 11 is 1.64. The number of hydrogen-bond acceptors (Lipinski definition) is 5. The maximum atomic E-state index is 14.2. The van der Waals surface area contributed by atoms with Gasteiger partial charge in [0.1, 0.15) is 11.2 Å². The second-order valence-corrected chi connectivity index (χ2v) is 7.98. The molecule has 3 heterocycles. The number of nitrogens with one attached hydrogen (secondary N) is 1. The number of aromatic nitrogens is 2. The molecule has 0 saturated carbocycles. The highest BCUT2D eigenvalue weighted by Crippen LogP contribution is 2.38. The van der Waals surface area contributed by atoms with Crippen LogP contribution in [-0.4, -0.2) is 65.8 Å². The Morgan fingerprint density at radius 1 is 1.15 bits per heavy atom. The van der Waals surface area contributed by atoms with E-state index in [1.54, 1.807) is 36.3 Å². The third-order valence-corrected chi connectivity index (χ3v) is 6.33. The van der Waals surface area contributed by atoms with Crippen molar-refractivity contribution in [1.82, 2.24) is 14.9 Å². The largest absolute Gasteiger partial charge is 0.330 e. The quantitative estimate of drug-likeness (QED) is 0.831. The summed E-state index contributed by atoms with van der Waals surface area (Å²) in [5.41, 5.74) is 0.606. The summed E-state index contributed by atoms with van der Waals surface area (Å²) in [6.45, 7) is 4.54. The summed E-state index contributed by atoms with van der Waals surface area (Å²) in [6, 6.07) is 8.57. The Kier molecular flexibility index (Phi) is 5.54. The lowest BCUT2D eigenvalue weighted by atomic mass is 10.2. The number of piperazine rings is 1. The molecule has 2 aliphatic heterocycles. The molecule has 8 heteroatoms. The van der Waals surface area contributed by atoms with Gasteiger partial charge in [-0.3, -0.25) is 4.79 Å². The Morgan fingerprint density at radius 2 is 1.89 bits per heavy atom. The maximum absolute atomic E-state index is 14.2. The van der Waals surface area contributed by atoms with Crippen molar-refractivity contribution in [1.29, 1.82) is 0 Å². The van der Waals surface area contributed by atoms with Crippen LogP contribution in [0.2, 0.25) is 0 Å². The molecule has 1 N–H and O–H groups in total. The fraction of sp³-hybridized carbons (Fsp3) is 0.421. The lowest BCUT2D eigenvalue weighted by Gasteiger charge is -2.33. The molecular formula is C19H23FN5OS+. The van der Waals surface area contributed by atoms with Crippen molar-refractivity contribution >= 4 is 23.6 Å². The molecule has 2 saturated heterocycles. The highest BCUT2D eigenvalue weighted by molar-refractivity contribution is 7.99. The van der Waals surface area contributed by atoms with Crippen LogP contribution in [0.3, 0.4) is 0 Å². The van der Waals surface area contributed by atoms with Crippen molar-refractivity contribution < 1.29 is 14.1 Å². The number of hydrogen-bond donors (Lipinski definition) is 1. The van der Waals surface area contributed by atoms with Crippen molar-refractivity contribution in [3.05, 3.63) is 54.1 Å². The number of anilines is 1. The molecular weight excluding hydrogens is 365 g/mol. The Bertz CT molecular complexity index is 785. The van der Waals surface area contributed by atoms with E-state index in [1.807, 2.05) is 17.0 Å². The number of carbonyl (C=O) groups is 1. The minimum atomic E-state index is -0.237. The van der Waals surface area contributed by atoms with E-state index in [9.17, 15) is 9.18 Å². The van der Waals surface area contributed by atoms with E-state index in [1.165, 1.54) is 11.0 Å². The zero-order chi connectivity index (χ0) is 18.6. The fourth-order valence-electron chi connectivity index (χ4n) is 3.63. The lowest BCUT2D eigenvalue weighted by Crippen LogP contribution is -3.15. The lowest BCUT2D eigenvalue weighted by molar-refractivity contribution is -0.892. The van der Waals surface area contributed by atoms with Gasteiger partial charge in [0.15, 0.2) is 6.54 Å². The predicted octanol–water partition coefficient (Wildman–Crippen LogP) is 0.595. The molecule has 27 heavy (non-hydrogen) atoms. The van der Waals surface area contributed by atoms with E-state index in [-0.39, 0.29) is 17.1 Å². The molecule has 2 aromatic rings. The van der Waals surface area contributed by atoms with Gasteiger partial charge in [0.2, 0.25) is 5.95 Å². The van der Waals surface area contributed by atoms with Crippen molar-refractivity contribution in [2.45, 2.75) is 5.37 Å². The number of carbonyl (C=O) groups excluding carboxylic acids is 1. The molecule has 2 aliphatic rings. The van der Waals surface area contributed by atoms with Crippen LogP contribution in [0.15, 0.2) is 42.7 Å². The smallest absolute Gasteiger partial charge is 0.278 e. The molecule has 0 aliphatic carbocycles. The number of halogens is 1. The average molecular weight is 388 g/mol. The van der Waals surface area contributed by atoms with Crippen molar-refractivity contribution in [2.24, 2.45) is 0 Å². The predicted molar refractivity (Wildman–Crippen MR) is 103 cm³/mol. The Morgan fingerprint density at radius 3 is 2.63 bits per heavy atom. The summed E-state index contributed by atoms with van der Waals surface area (Å²) in [6.07, 6.45) is 3.50. The van der Waals surface area contributed by atoms with E-state index in [4.69, 9.17) is 0 Å². The molecule has 1 aromatic heterocycles. The first-order chi connectivity index (χ1) is 13.2. The van der Waals surface area contributed by atoms with Gasteiger partial charge in [-0.25, -0.2) is 14.4 Å². The van der Waals surface area contributed by atoms with Crippen LogP contribution in [-0.2, 0) is 4.79 Å². The van der Waals surface area contributed by atoms with E-state index < -0.39 is 0 Å². The number of quaternary nitrogens is 1. The van der Waals surface area contributed by atoms with Crippen LogP contribution in [0.5, 0.6) is 0 Å². The summed E-state index contributed by atoms with van der Waals surface area (Å²) in [7, 11) is 0. The van der Waals surface area contributed by atoms with Gasteiger partial charge < -0.3 is 14.7 Å². The van der Waals surface area contributed by atoms with Crippen LogP contribution in [0.4, 0.5) is 10.3 Å². The molecule has 1 aromatic carbocycles. The maximum Gasteiger partial charge on any atom is 0.278 e. The fourth-order valence-corrected chi connectivity index (χ4v) is 4.93. The molecule has 1 amide bonds. The average Bonchev–Trinajstić information content (AvgIpc) is 3.19. The Labute approximate surface area is 162 Å². The molecule has 0 radical (unpaired) electrons. The minimum absolute atomic E-state index is 0.104. The van der Waals surface area contributed by atoms with Gasteiger partial charge in [-0.15, -0.1) is 11.8 Å². The van der Waals surface area contributed by atoms with Gasteiger partial charge in [0, 0.05) is 30.3 Å². The third kappa shape index (κ3) is 4.06. The van der Waals surface area contributed by atoms with Gasteiger partial charge in [0.25, 0.3) is 5.91 Å². The molecule has 142 valence electrons. The Hall–Kier alpha value is -2.19. The molecule has 2 fully saturated rings. The number of rotatable bonds is 4. The monoisotopic (exact) mass is 388 g/mol.